The molecule has 0 aromatic heterocycles. The molecule has 1 aliphatic carbocycles. The number of carbonyl (C=O) groups is 2. The van der Waals surface area contributed by atoms with Crippen molar-refractivity contribution in [3.8, 4) is 0 Å². The van der Waals surface area contributed by atoms with Crippen molar-refractivity contribution in [3.63, 3.8) is 0 Å². The minimum absolute atomic E-state index is 0.0837. The molecule has 0 spiro atoms. The van der Waals surface area contributed by atoms with Gasteiger partial charge in [0.1, 0.15) is 12.0 Å². The lowest BCUT2D eigenvalue weighted by molar-refractivity contribution is -0.154. The maximum absolute atomic E-state index is 12.4. The number of rotatable bonds is 9. The molecule has 0 aliphatic heterocycles. The van der Waals surface area contributed by atoms with E-state index in [1.165, 1.54) is 7.11 Å². The zero-order chi connectivity index (χ0) is 13.5. The lowest BCUT2D eigenvalue weighted by atomic mass is 9.92. The molecule has 4 nitrogen and oxygen atoms in total. The quantitative estimate of drug-likeness (QED) is 0.469. The van der Waals surface area contributed by atoms with Crippen molar-refractivity contribution in [2.45, 2.75) is 52.1 Å². The van der Waals surface area contributed by atoms with E-state index < -0.39 is 18.0 Å². The van der Waals surface area contributed by atoms with Gasteiger partial charge in [0, 0.05) is 6.61 Å². The summed E-state index contributed by atoms with van der Waals surface area (Å²) in [6.07, 6.45) is 4.03. The van der Waals surface area contributed by atoms with Crippen LogP contribution < -0.4 is 0 Å². The van der Waals surface area contributed by atoms with Gasteiger partial charge in [0.25, 0.3) is 0 Å². The molecule has 0 aromatic carbocycles. The van der Waals surface area contributed by atoms with E-state index in [1.54, 1.807) is 0 Å². The number of ether oxygens (including phenoxy) is 2. The third-order valence-electron chi connectivity index (χ3n) is 3.35. The van der Waals surface area contributed by atoms with E-state index in [0.717, 1.165) is 25.7 Å². The van der Waals surface area contributed by atoms with Crippen LogP contribution in [0.15, 0.2) is 0 Å². The van der Waals surface area contributed by atoms with Crippen LogP contribution in [0.1, 0.15) is 46.0 Å². The lowest BCUT2D eigenvalue weighted by Crippen LogP contribution is -2.37. The van der Waals surface area contributed by atoms with Crippen molar-refractivity contribution < 1.29 is 19.1 Å². The van der Waals surface area contributed by atoms with Crippen LogP contribution in [0.3, 0.4) is 0 Å². The highest BCUT2D eigenvalue weighted by atomic mass is 16.5. The Morgan fingerprint density at radius 3 is 2.39 bits per heavy atom. The molecule has 1 saturated carbocycles. The number of hydrogen-bond donors (Lipinski definition) is 0. The molecule has 4 heteroatoms. The Kier molecular flexibility index (Phi) is 6.33. The van der Waals surface area contributed by atoms with Crippen LogP contribution in [0.5, 0.6) is 0 Å². The van der Waals surface area contributed by atoms with E-state index in [0.29, 0.717) is 18.9 Å². The van der Waals surface area contributed by atoms with Gasteiger partial charge in [-0.25, -0.2) is 0 Å². The molecule has 1 aliphatic rings. The van der Waals surface area contributed by atoms with Crippen LogP contribution >= 0.6 is 0 Å². The number of esters is 1. The first-order valence-electron chi connectivity index (χ1n) is 6.88. The Morgan fingerprint density at radius 2 is 1.94 bits per heavy atom. The normalized spacial score (nSPS) is 18.2. The zero-order valence-electron chi connectivity index (χ0n) is 11.6. The third-order valence-corrected chi connectivity index (χ3v) is 3.35. The Labute approximate surface area is 109 Å². The van der Waals surface area contributed by atoms with Crippen molar-refractivity contribution >= 4 is 11.8 Å². The van der Waals surface area contributed by atoms with Crippen LogP contribution in [-0.4, -0.2) is 31.6 Å². The molecule has 0 saturated heterocycles. The predicted octanol–water partition coefficient (Wildman–Crippen LogP) is 2.35. The highest BCUT2D eigenvalue weighted by Gasteiger charge is 2.41. The zero-order valence-corrected chi connectivity index (χ0v) is 11.6. The summed E-state index contributed by atoms with van der Waals surface area (Å²) in [5.41, 5.74) is 0. The predicted molar refractivity (Wildman–Crippen MR) is 68.2 cm³/mol. The van der Waals surface area contributed by atoms with E-state index in [-0.39, 0.29) is 5.78 Å². The SMILES string of the molecule is CCCCC(C(=O)OC)C(=O)C(OCC)C1CC1. The molecule has 1 rings (SSSR count). The van der Waals surface area contributed by atoms with Gasteiger partial charge in [-0.15, -0.1) is 0 Å². The van der Waals surface area contributed by atoms with E-state index in [4.69, 9.17) is 9.47 Å². The first kappa shape index (κ1) is 15.2. The van der Waals surface area contributed by atoms with Gasteiger partial charge in [-0.1, -0.05) is 19.8 Å². The molecular formula is C14H24O4. The van der Waals surface area contributed by atoms with Gasteiger partial charge in [-0.3, -0.25) is 9.59 Å². The summed E-state index contributed by atoms with van der Waals surface area (Å²) in [5.74, 6) is -0.836. The maximum atomic E-state index is 12.4. The van der Waals surface area contributed by atoms with Crippen molar-refractivity contribution in [1.29, 1.82) is 0 Å². The fourth-order valence-electron chi connectivity index (χ4n) is 2.15. The summed E-state index contributed by atoms with van der Waals surface area (Å²) in [4.78, 5) is 24.1. The molecule has 2 atom stereocenters. The summed E-state index contributed by atoms with van der Waals surface area (Å²) >= 11 is 0. The van der Waals surface area contributed by atoms with Crippen molar-refractivity contribution in [2.24, 2.45) is 11.8 Å². The number of unbranched alkanes of at least 4 members (excludes halogenated alkanes) is 1. The van der Waals surface area contributed by atoms with Crippen molar-refractivity contribution in [2.75, 3.05) is 13.7 Å². The number of methoxy groups -OCH3 is 1. The second-order valence-electron chi connectivity index (χ2n) is 4.83. The van der Waals surface area contributed by atoms with Gasteiger partial charge in [0.05, 0.1) is 7.11 Å². The average Bonchev–Trinajstić information content (AvgIpc) is 3.19. The highest BCUT2D eigenvalue weighted by Crippen LogP contribution is 2.36. The Bertz CT molecular complexity index is 284. The molecule has 104 valence electrons. The van der Waals surface area contributed by atoms with Gasteiger partial charge in [0.15, 0.2) is 5.78 Å². The van der Waals surface area contributed by atoms with Gasteiger partial charge in [-0.05, 0) is 32.1 Å². The topological polar surface area (TPSA) is 52.6 Å². The van der Waals surface area contributed by atoms with Gasteiger partial charge < -0.3 is 9.47 Å². The maximum Gasteiger partial charge on any atom is 0.316 e. The Morgan fingerprint density at radius 1 is 1.28 bits per heavy atom. The van der Waals surface area contributed by atoms with E-state index in [9.17, 15) is 9.59 Å². The Balaban J connectivity index is 2.68. The number of Topliss-reactive ketones (excluding diaryl/α,β-unsaturated/α-hetero) is 1. The van der Waals surface area contributed by atoms with Crippen LogP contribution in [0, 0.1) is 11.8 Å². The minimum atomic E-state index is -0.646. The summed E-state index contributed by atoms with van der Waals surface area (Å²) < 4.78 is 10.3. The number of hydrogen-bond acceptors (Lipinski definition) is 4. The summed E-state index contributed by atoms with van der Waals surface area (Å²) in [6.45, 7) is 4.43. The summed E-state index contributed by atoms with van der Waals surface area (Å²) in [5, 5.41) is 0. The monoisotopic (exact) mass is 256 g/mol. The lowest BCUT2D eigenvalue weighted by Gasteiger charge is -2.20. The van der Waals surface area contributed by atoms with Crippen molar-refractivity contribution in [1.82, 2.24) is 0 Å². The molecular weight excluding hydrogens is 232 g/mol. The van der Waals surface area contributed by atoms with Gasteiger partial charge in [0.2, 0.25) is 0 Å². The first-order chi connectivity index (χ1) is 8.65. The average molecular weight is 256 g/mol. The van der Waals surface area contributed by atoms with E-state index in [1.807, 2.05) is 13.8 Å². The second-order valence-corrected chi connectivity index (χ2v) is 4.83. The van der Waals surface area contributed by atoms with Gasteiger partial charge in [-0.2, -0.15) is 0 Å². The molecule has 0 N–H and O–H groups in total. The molecule has 0 aromatic rings. The molecule has 0 bridgehead atoms. The summed E-state index contributed by atoms with van der Waals surface area (Å²) in [7, 11) is 1.33. The highest BCUT2D eigenvalue weighted by molar-refractivity contribution is 6.01. The number of ketones is 1. The molecule has 0 amide bonds. The third kappa shape index (κ3) is 4.09. The molecule has 0 radical (unpaired) electrons. The second kappa shape index (κ2) is 7.52. The standard InChI is InChI=1S/C14H24O4/c1-4-6-7-11(14(16)17-3)12(15)13(18-5-2)10-8-9-10/h10-11,13H,4-9H2,1-3H3. The van der Waals surface area contributed by atoms with Gasteiger partial charge >= 0.3 is 5.97 Å². The minimum Gasteiger partial charge on any atom is -0.468 e. The Hall–Kier alpha value is -0.900. The molecule has 0 heterocycles. The van der Waals surface area contributed by atoms with Crippen LogP contribution in [0.25, 0.3) is 0 Å². The van der Waals surface area contributed by atoms with E-state index >= 15 is 0 Å². The largest absolute Gasteiger partial charge is 0.468 e. The fraction of sp³-hybridized carbons (Fsp3) is 0.857. The summed E-state index contributed by atoms with van der Waals surface area (Å²) in [6, 6.07) is 0. The molecule has 1 fully saturated rings. The van der Waals surface area contributed by atoms with E-state index in [2.05, 4.69) is 0 Å². The smallest absolute Gasteiger partial charge is 0.316 e. The molecule has 2 unspecified atom stereocenters. The first-order valence-corrected chi connectivity index (χ1v) is 6.88. The van der Waals surface area contributed by atoms with Crippen LogP contribution in [0.2, 0.25) is 0 Å². The van der Waals surface area contributed by atoms with Crippen LogP contribution in [0.4, 0.5) is 0 Å². The molecule has 18 heavy (non-hydrogen) atoms. The van der Waals surface area contributed by atoms with Crippen molar-refractivity contribution in [3.05, 3.63) is 0 Å². The number of carbonyl (C=O) groups excluding carboxylic acids is 2. The fourth-order valence-corrected chi connectivity index (χ4v) is 2.15. The van der Waals surface area contributed by atoms with Crippen LogP contribution in [-0.2, 0) is 19.1 Å².